The lowest BCUT2D eigenvalue weighted by Gasteiger charge is -2.13. The Labute approximate surface area is 119 Å². The first-order valence-corrected chi connectivity index (χ1v) is 6.60. The molecule has 1 aromatic rings. The molecule has 0 spiro atoms. The van der Waals surface area contributed by atoms with Crippen LogP contribution in [0, 0.1) is 0 Å². The maximum atomic E-state index is 11.6. The first-order chi connectivity index (χ1) is 9.52. The zero-order valence-electron chi connectivity index (χ0n) is 12.2. The Hall–Kier alpha value is -2.04. The number of Topliss-reactive ketones (excluding diaryl/α,β-unsaturated/α-hetero) is 1. The number of carbonyl (C=O) groups excluding carboxylic acids is 2. The number of ether oxygens (including phenoxy) is 2. The summed E-state index contributed by atoms with van der Waals surface area (Å²) >= 11 is 0. The third kappa shape index (κ3) is 5.73. The van der Waals surface area contributed by atoms with Crippen molar-refractivity contribution in [2.24, 2.45) is 0 Å². The average Bonchev–Trinajstić information content (AvgIpc) is 2.43. The minimum absolute atomic E-state index is 0.0315. The van der Waals surface area contributed by atoms with Gasteiger partial charge < -0.3 is 14.4 Å². The summed E-state index contributed by atoms with van der Waals surface area (Å²) < 4.78 is 10.2. The Bertz CT molecular complexity index is 457. The maximum Gasteiger partial charge on any atom is 0.306 e. The van der Waals surface area contributed by atoms with Crippen molar-refractivity contribution in [3.63, 3.8) is 0 Å². The molecular weight excluding hydrogens is 258 g/mol. The van der Waals surface area contributed by atoms with Crippen LogP contribution in [0.2, 0.25) is 0 Å². The molecule has 1 aromatic carbocycles. The highest BCUT2D eigenvalue weighted by Gasteiger charge is 2.08. The van der Waals surface area contributed by atoms with Crippen LogP contribution in [0.15, 0.2) is 24.3 Å². The molecule has 0 amide bonds. The van der Waals surface area contributed by atoms with Gasteiger partial charge in [-0.3, -0.25) is 9.59 Å². The van der Waals surface area contributed by atoms with Crippen LogP contribution >= 0.6 is 0 Å². The van der Waals surface area contributed by atoms with Crippen molar-refractivity contribution in [1.29, 1.82) is 0 Å². The zero-order chi connectivity index (χ0) is 15.0. The number of ketones is 1. The van der Waals surface area contributed by atoms with Gasteiger partial charge in [0.25, 0.3) is 0 Å². The van der Waals surface area contributed by atoms with Crippen LogP contribution < -0.4 is 9.64 Å². The van der Waals surface area contributed by atoms with Gasteiger partial charge in [-0.25, -0.2) is 0 Å². The second kappa shape index (κ2) is 8.19. The molecule has 0 aliphatic heterocycles. The number of carbonyl (C=O) groups is 2. The molecule has 0 atom stereocenters. The topological polar surface area (TPSA) is 55.8 Å². The first kappa shape index (κ1) is 16.0. The molecule has 0 saturated heterocycles. The largest absolute Gasteiger partial charge is 0.486 e. The first-order valence-electron chi connectivity index (χ1n) is 6.60. The van der Waals surface area contributed by atoms with E-state index in [-0.39, 0.29) is 31.2 Å². The van der Waals surface area contributed by atoms with Crippen LogP contribution in [-0.4, -0.2) is 39.1 Å². The SMILES string of the molecule is CCOC(=O)CCC(=O)COc1cccc(N(C)C)c1. The van der Waals surface area contributed by atoms with Crippen molar-refractivity contribution in [2.75, 3.05) is 32.2 Å². The lowest BCUT2D eigenvalue weighted by Crippen LogP contribution is -2.14. The molecule has 110 valence electrons. The number of nitrogens with zero attached hydrogens (tertiary/aromatic N) is 1. The lowest BCUT2D eigenvalue weighted by molar-refractivity contribution is -0.144. The van der Waals surface area contributed by atoms with Gasteiger partial charge in [-0.05, 0) is 19.1 Å². The van der Waals surface area contributed by atoms with Gasteiger partial charge in [-0.1, -0.05) is 6.07 Å². The molecule has 0 fully saturated rings. The Morgan fingerprint density at radius 1 is 1.20 bits per heavy atom. The Balaban J connectivity index is 2.37. The van der Waals surface area contributed by atoms with Gasteiger partial charge in [-0.2, -0.15) is 0 Å². The van der Waals surface area contributed by atoms with Crippen LogP contribution in [-0.2, 0) is 14.3 Å². The van der Waals surface area contributed by atoms with Crippen molar-refractivity contribution in [2.45, 2.75) is 19.8 Å². The van der Waals surface area contributed by atoms with Crippen molar-refractivity contribution in [3.05, 3.63) is 24.3 Å². The predicted molar refractivity (Wildman–Crippen MR) is 77.1 cm³/mol. The summed E-state index contributed by atoms with van der Waals surface area (Å²) in [6.07, 6.45) is 0.250. The fourth-order valence-corrected chi connectivity index (χ4v) is 1.56. The van der Waals surface area contributed by atoms with Crippen molar-refractivity contribution >= 4 is 17.4 Å². The van der Waals surface area contributed by atoms with E-state index in [9.17, 15) is 9.59 Å². The van der Waals surface area contributed by atoms with E-state index in [4.69, 9.17) is 9.47 Å². The van der Waals surface area contributed by atoms with Gasteiger partial charge in [0.05, 0.1) is 13.0 Å². The third-order valence-corrected chi connectivity index (χ3v) is 2.65. The van der Waals surface area contributed by atoms with Crippen molar-refractivity contribution in [3.8, 4) is 5.75 Å². The van der Waals surface area contributed by atoms with Crippen LogP contribution in [0.5, 0.6) is 5.75 Å². The van der Waals surface area contributed by atoms with Crippen LogP contribution in [0.25, 0.3) is 0 Å². The van der Waals surface area contributed by atoms with Crippen LogP contribution in [0.3, 0.4) is 0 Å². The summed E-state index contributed by atoms with van der Waals surface area (Å²) in [5.74, 6) is 0.171. The Morgan fingerprint density at radius 2 is 1.95 bits per heavy atom. The highest BCUT2D eigenvalue weighted by molar-refractivity contribution is 5.84. The fraction of sp³-hybridized carbons (Fsp3) is 0.467. The molecule has 0 aliphatic rings. The third-order valence-electron chi connectivity index (χ3n) is 2.65. The minimum atomic E-state index is -0.351. The second-order valence-electron chi connectivity index (χ2n) is 4.52. The number of hydrogen-bond acceptors (Lipinski definition) is 5. The highest BCUT2D eigenvalue weighted by Crippen LogP contribution is 2.19. The van der Waals surface area contributed by atoms with E-state index in [1.54, 1.807) is 13.0 Å². The minimum Gasteiger partial charge on any atom is -0.486 e. The summed E-state index contributed by atoms with van der Waals surface area (Å²) in [5, 5.41) is 0. The summed E-state index contributed by atoms with van der Waals surface area (Å²) in [6, 6.07) is 7.48. The molecule has 0 heterocycles. The molecule has 0 aliphatic carbocycles. The van der Waals surface area contributed by atoms with Gasteiger partial charge >= 0.3 is 5.97 Å². The van der Waals surface area contributed by atoms with Gasteiger partial charge in [0, 0.05) is 32.3 Å². The van der Waals surface area contributed by atoms with E-state index in [1.165, 1.54) is 0 Å². The number of hydrogen-bond donors (Lipinski definition) is 0. The fourth-order valence-electron chi connectivity index (χ4n) is 1.56. The molecule has 5 nitrogen and oxygen atoms in total. The summed E-state index contributed by atoms with van der Waals surface area (Å²) in [5.41, 5.74) is 1.00. The average molecular weight is 279 g/mol. The van der Waals surface area contributed by atoms with E-state index in [0.717, 1.165) is 5.69 Å². The van der Waals surface area contributed by atoms with Crippen LogP contribution in [0.1, 0.15) is 19.8 Å². The number of rotatable bonds is 8. The molecule has 0 aromatic heterocycles. The van der Waals surface area contributed by atoms with Gasteiger partial charge in [0.1, 0.15) is 12.4 Å². The van der Waals surface area contributed by atoms with Gasteiger partial charge in [0.15, 0.2) is 5.78 Å². The molecule has 0 radical (unpaired) electrons. The Morgan fingerprint density at radius 3 is 2.60 bits per heavy atom. The maximum absolute atomic E-state index is 11.6. The zero-order valence-corrected chi connectivity index (χ0v) is 12.2. The summed E-state index contributed by atoms with van der Waals surface area (Å²) in [7, 11) is 3.87. The van der Waals surface area contributed by atoms with Crippen molar-refractivity contribution in [1.82, 2.24) is 0 Å². The van der Waals surface area contributed by atoms with Gasteiger partial charge in [0.2, 0.25) is 0 Å². The normalized spacial score (nSPS) is 9.95. The van der Waals surface area contributed by atoms with E-state index in [2.05, 4.69) is 0 Å². The second-order valence-corrected chi connectivity index (χ2v) is 4.52. The number of anilines is 1. The number of benzene rings is 1. The summed E-state index contributed by atoms with van der Waals surface area (Å²) in [4.78, 5) is 24.7. The van der Waals surface area contributed by atoms with E-state index >= 15 is 0 Å². The van der Waals surface area contributed by atoms with Crippen molar-refractivity contribution < 1.29 is 19.1 Å². The van der Waals surface area contributed by atoms with E-state index in [0.29, 0.717) is 12.4 Å². The smallest absolute Gasteiger partial charge is 0.306 e. The molecule has 0 N–H and O–H groups in total. The highest BCUT2D eigenvalue weighted by atomic mass is 16.5. The van der Waals surface area contributed by atoms with E-state index in [1.807, 2.05) is 37.2 Å². The quantitative estimate of drug-likeness (QED) is 0.682. The molecule has 5 heteroatoms. The lowest BCUT2D eigenvalue weighted by atomic mass is 10.2. The van der Waals surface area contributed by atoms with Gasteiger partial charge in [-0.15, -0.1) is 0 Å². The molecule has 0 bridgehead atoms. The molecular formula is C15H21NO4. The molecule has 0 saturated carbocycles. The Kier molecular flexibility index (Phi) is 6.56. The molecule has 20 heavy (non-hydrogen) atoms. The predicted octanol–water partition coefficient (Wildman–Crippen LogP) is 2.04. The monoisotopic (exact) mass is 279 g/mol. The van der Waals surface area contributed by atoms with E-state index < -0.39 is 0 Å². The molecule has 0 unspecified atom stereocenters. The number of esters is 1. The molecule has 1 rings (SSSR count). The van der Waals surface area contributed by atoms with Crippen LogP contribution in [0.4, 0.5) is 5.69 Å². The summed E-state index contributed by atoms with van der Waals surface area (Å²) in [6.45, 7) is 2.04. The standard InChI is InChI=1S/C15H21NO4/c1-4-19-15(18)9-8-13(17)11-20-14-7-5-6-12(10-14)16(2)3/h5-7,10H,4,8-9,11H2,1-3H3.